The molecule has 200 valence electrons. The van der Waals surface area contributed by atoms with Gasteiger partial charge in [-0.2, -0.15) is 0 Å². The molecule has 11 N–H and O–H groups in total. The third-order valence-corrected chi connectivity index (χ3v) is 6.09. The minimum absolute atomic E-state index is 0.741. The molecule has 0 radical (unpaired) electrons. The van der Waals surface area contributed by atoms with Crippen LogP contribution in [0, 0.1) is 0 Å². The summed E-state index contributed by atoms with van der Waals surface area (Å²) < 4.78 is 26.4. The molecule has 34 heavy (non-hydrogen) atoms. The quantitative estimate of drug-likeness (QED) is 0.154. The van der Waals surface area contributed by atoms with Crippen LogP contribution in [0.5, 0.6) is 0 Å². The average molecular weight is 504 g/mol. The van der Waals surface area contributed by atoms with Gasteiger partial charge in [0.25, 0.3) is 0 Å². The SMILES string of the molecule is OC[C@H]1O[C@@H](O[C@@H]2[C@H](O)[C@@H](O)[C@H](O[C@H]3[C@H](O)[C@@H](O)C(O)O[C@@H]3CO)O[C@@H]2CO)[C@H](O)[C@@H](O)[C@H]1O. The number of aliphatic hydroxyl groups is 11. The van der Waals surface area contributed by atoms with Crippen LogP contribution < -0.4 is 0 Å². The summed E-state index contributed by atoms with van der Waals surface area (Å²) in [6.45, 7) is -2.32. The summed E-state index contributed by atoms with van der Waals surface area (Å²) in [4.78, 5) is 0. The molecule has 3 heterocycles. The predicted octanol–water partition coefficient (Wildman–Crippen LogP) is -7.57. The third kappa shape index (κ3) is 5.37. The molecular formula is C18H32O16. The Morgan fingerprint density at radius 3 is 1.35 bits per heavy atom. The van der Waals surface area contributed by atoms with Crippen LogP contribution in [0.2, 0.25) is 0 Å². The van der Waals surface area contributed by atoms with Gasteiger partial charge in [-0.3, -0.25) is 0 Å². The van der Waals surface area contributed by atoms with Gasteiger partial charge in [0.2, 0.25) is 0 Å². The van der Waals surface area contributed by atoms with E-state index in [1.165, 1.54) is 0 Å². The Kier molecular flexibility index (Phi) is 9.54. The third-order valence-electron chi connectivity index (χ3n) is 6.09. The number of ether oxygens (including phenoxy) is 5. The smallest absolute Gasteiger partial charge is 0.187 e. The Morgan fingerprint density at radius 1 is 0.441 bits per heavy atom. The Balaban J connectivity index is 1.72. The van der Waals surface area contributed by atoms with Crippen LogP contribution in [-0.4, -0.2) is 168 Å². The molecule has 0 saturated carbocycles. The minimum Gasteiger partial charge on any atom is -0.394 e. The molecule has 0 aromatic heterocycles. The van der Waals surface area contributed by atoms with Crippen LogP contribution in [0.25, 0.3) is 0 Å². The van der Waals surface area contributed by atoms with E-state index in [1.54, 1.807) is 0 Å². The van der Waals surface area contributed by atoms with Crippen LogP contribution in [0.15, 0.2) is 0 Å². The van der Waals surface area contributed by atoms with E-state index in [4.69, 9.17) is 23.7 Å². The maximum absolute atomic E-state index is 10.6. The van der Waals surface area contributed by atoms with Gasteiger partial charge in [-0.05, 0) is 0 Å². The van der Waals surface area contributed by atoms with Gasteiger partial charge in [-0.15, -0.1) is 0 Å². The van der Waals surface area contributed by atoms with Crippen molar-refractivity contribution in [1.82, 2.24) is 0 Å². The zero-order valence-corrected chi connectivity index (χ0v) is 17.7. The van der Waals surface area contributed by atoms with Crippen LogP contribution in [-0.2, 0) is 23.7 Å². The molecule has 0 aromatic rings. The fraction of sp³-hybridized carbons (Fsp3) is 1.00. The first kappa shape index (κ1) is 27.9. The number of hydrogen-bond acceptors (Lipinski definition) is 16. The lowest BCUT2D eigenvalue weighted by Gasteiger charge is -2.47. The van der Waals surface area contributed by atoms with Gasteiger partial charge in [-0.1, -0.05) is 0 Å². The molecule has 0 spiro atoms. The Labute approximate surface area is 192 Å². The molecule has 0 bridgehead atoms. The zero-order chi connectivity index (χ0) is 25.3. The lowest BCUT2D eigenvalue weighted by molar-refractivity contribution is -0.377. The van der Waals surface area contributed by atoms with Crippen molar-refractivity contribution in [2.45, 2.75) is 92.1 Å². The molecule has 0 aliphatic carbocycles. The Bertz CT molecular complexity index is 635. The second-order valence-electron chi connectivity index (χ2n) is 8.33. The molecule has 16 nitrogen and oxygen atoms in total. The van der Waals surface area contributed by atoms with E-state index in [0.29, 0.717) is 0 Å². The maximum Gasteiger partial charge on any atom is 0.187 e. The Hall–Kier alpha value is -0.640. The number of rotatable bonds is 7. The molecule has 0 amide bonds. The highest BCUT2D eigenvalue weighted by Crippen LogP contribution is 2.32. The van der Waals surface area contributed by atoms with Crippen molar-refractivity contribution in [2.75, 3.05) is 19.8 Å². The predicted molar refractivity (Wildman–Crippen MR) is 101 cm³/mol. The molecule has 15 atom stereocenters. The van der Waals surface area contributed by atoms with E-state index in [0.717, 1.165) is 0 Å². The summed E-state index contributed by atoms with van der Waals surface area (Å²) in [6, 6.07) is 0. The highest BCUT2D eigenvalue weighted by Gasteiger charge is 2.53. The van der Waals surface area contributed by atoms with Crippen molar-refractivity contribution >= 4 is 0 Å². The molecule has 3 saturated heterocycles. The summed E-state index contributed by atoms with van der Waals surface area (Å²) >= 11 is 0. The Morgan fingerprint density at radius 2 is 0.853 bits per heavy atom. The van der Waals surface area contributed by atoms with E-state index in [2.05, 4.69) is 0 Å². The summed E-state index contributed by atoms with van der Waals surface area (Å²) in [5.41, 5.74) is 0. The molecule has 3 aliphatic rings. The van der Waals surface area contributed by atoms with Crippen LogP contribution in [0.1, 0.15) is 0 Å². The summed E-state index contributed by atoms with van der Waals surface area (Å²) in [5, 5.41) is 109. The molecule has 3 fully saturated rings. The van der Waals surface area contributed by atoms with Crippen LogP contribution in [0.3, 0.4) is 0 Å². The van der Waals surface area contributed by atoms with Crippen molar-refractivity contribution < 1.29 is 79.9 Å². The first-order valence-corrected chi connectivity index (χ1v) is 10.6. The van der Waals surface area contributed by atoms with E-state index in [9.17, 15) is 56.2 Å². The standard InChI is InChI=1S/C18H32O16/c19-1-4-7(22)8(23)12(27)17(31-4)34-15-6(3-21)32-18(13(28)10(15)25)33-14-5(2-20)30-16(29)11(26)9(14)24/h4-29H,1-3H2/t4-,5-,6-,7+,8+,9-,10-,11-,12-,13-,14-,15+,16?,17+,18+/m1/s1. The van der Waals surface area contributed by atoms with Crippen molar-refractivity contribution in [2.24, 2.45) is 0 Å². The van der Waals surface area contributed by atoms with Gasteiger partial charge in [-0.25, -0.2) is 0 Å². The lowest BCUT2D eigenvalue weighted by Crippen LogP contribution is -2.66. The van der Waals surface area contributed by atoms with Gasteiger partial charge < -0.3 is 79.9 Å². The van der Waals surface area contributed by atoms with Gasteiger partial charge >= 0.3 is 0 Å². The van der Waals surface area contributed by atoms with Gasteiger partial charge in [0.15, 0.2) is 18.9 Å². The van der Waals surface area contributed by atoms with Crippen molar-refractivity contribution in [3.8, 4) is 0 Å². The molecular weight excluding hydrogens is 472 g/mol. The van der Waals surface area contributed by atoms with Crippen molar-refractivity contribution in [1.29, 1.82) is 0 Å². The van der Waals surface area contributed by atoms with Gasteiger partial charge in [0, 0.05) is 0 Å². The monoisotopic (exact) mass is 504 g/mol. The highest BCUT2D eigenvalue weighted by atomic mass is 16.8. The van der Waals surface area contributed by atoms with E-state index in [-0.39, 0.29) is 0 Å². The van der Waals surface area contributed by atoms with Crippen LogP contribution >= 0.6 is 0 Å². The summed E-state index contributed by atoms with van der Waals surface area (Å²) in [6.07, 6.45) is -25.1. The first-order chi connectivity index (χ1) is 16.0. The first-order valence-electron chi connectivity index (χ1n) is 10.6. The van der Waals surface area contributed by atoms with Crippen LogP contribution in [0.4, 0.5) is 0 Å². The summed E-state index contributed by atoms with van der Waals surface area (Å²) in [5.74, 6) is 0. The normalized spacial score (nSPS) is 52.5. The van der Waals surface area contributed by atoms with E-state index in [1.807, 2.05) is 0 Å². The molecule has 3 aliphatic heterocycles. The average Bonchev–Trinajstić information content (AvgIpc) is 2.83. The fourth-order valence-corrected chi connectivity index (χ4v) is 4.06. The second-order valence-corrected chi connectivity index (χ2v) is 8.33. The molecule has 16 heteroatoms. The zero-order valence-electron chi connectivity index (χ0n) is 17.7. The van der Waals surface area contributed by atoms with E-state index < -0.39 is 112 Å². The largest absolute Gasteiger partial charge is 0.394 e. The summed E-state index contributed by atoms with van der Waals surface area (Å²) in [7, 11) is 0. The minimum atomic E-state index is -1.91. The van der Waals surface area contributed by atoms with Crippen molar-refractivity contribution in [3.05, 3.63) is 0 Å². The molecule has 0 aromatic carbocycles. The lowest BCUT2D eigenvalue weighted by atomic mass is 9.96. The number of hydrogen-bond donors (Lipinski definition) is 11. The molecule has 1 unspecified atom stereocenters. The van der Waals surface area contributed by atoms with Crippen molar-refractivity contribution in [3.63, 3.8) is 0 Å². The van der Waals surface area contributed by atoms with E-state index >= 15 is 0 Å². The number of aliphatic hydroxyl groups excluding tert-OH is 11. The van der Waals surface area contributed by atoms with Gasteiger partial charge in [0.1, 0.15) is 73.2 Å². The highest BCUT2D eigenvalue weighted by molar-refractivity contribution is 4.96. The second kappa shape index (κ2) is 11.6. The molecule has 3 rings (SSSR count). The maximum atomic E-state index is 10.6. The topological polar surface area (TPSA) is 269 Å². The van der Waals surface area contributed by atoms with Gasteiger partial charge in [0.05, 0.1) is 19.8 Å². The fourth-order valence-electron chi connectivity index (χ4n) is 4.06.